The van der Waals surface area contributed by atoms with Gasteiger partial charge in [-0.05, 0) is 43.9 Å². The van der Waals surface area contributed by atoms with Gasteiger partial charge in [0.1, 0.15) is 0 Å². The van der Waals surface area contributed by atoms with E-state index in [1.807, 2.05) is 43.0 Å². The van der Waals surface area contributed by atoms with Gasteiger partial charge in [-0.2, -0.15) is 0 Å². The molecule has 2 heterocycles. The summed E-state index contributed by atoms with van der Waals surface area (Å²) in [5.74, 6) is 0.0787. The van der Waals surface area contributed by atoms with Crippen molar-refractivity contribution in [2.75, 3.05) is 19.6 Å². The molecule has 0 radical (unpaired) electrons. The average Bonchev–Trinajstić information content (AvgIpc) is 3.13. The van der Waals surface area contributed by atoms with Crippen LogP contribution in [0.5, 0.6) is 0 Å². The van der Waals surface area contributed by atoms with E-state index >= 15 is 0 Å². The maximum Gasteiger partial charge on any atom is 0.224 e. The second kappa shape index (κ2) is 7.64. The van der Waals surface area contributed by atoms with Gasteiger partial charge in [-0.3, -0.25) is 14.6 Å². The predicted molar refractivity (Wildman–Crippen MR) is 98.4 cm³/mol. The van der Waals surface area contributed by atoms with E-state index in [4.69, 9.17) is 0 Å². The minimum atomic E-state index is -0.0579. The van der Waals surface area contributed by atoms with Crippen LogP contribution in [0.4, 0.5) is 0 Å². The summed E-state index contributed by atoms with van der Waals surface area (Å²) in [7, 11) is 0. The lowest BCUT2D eigenvalue weighted by atomic mass is 9.99. The van der Waals surface area contributed by atoms with Crippen LogP contribution >= 0.6 is 0 Å². The number of fused-ring (bicyclic) bond motifs is 1. The molecule has 0 bridgehead atoms. The van der Waals surface area contributed by atoms with Crippen molar-refractivity contribution in [1.82, 2.24) is 15.2 Å². The zero-order valence-corrected chi connectivity index (χ0v) is 15.0. The van der Waals surface area contributed by atoms with Crippen molar-refractivity contribution in [2.24, 2.45) is 0 Å². The van der Waals surface area contributed by atoms with Gasteiger partial charge < -0.3 is 10.2 Å². The Morgan fingerprint density at radius 1 is 1.16 bits per heavy atom. The third-order valence-corrected chi connectivity index (χ3v) is 4.94. The third kappa shape index (κ3) is 3.98. The fourth-order valence-electron chi connectivity index (χ4n) is 3.49. The molecule has 1 aromatic carbocycles. The monoisotopic (exact) mass is 339 g/mol. The van der Waals surface area contributed by atoms with Gasteiger partial charge >= 0.3 is 0 Å². The summed E-state index contributed by atoms with van der Waals surface area (Å²) in [6, 6.07) is 7.98. The van der Waals surface area contributed by atoms with E-state index in [-0.39, 0.29) is 11.8 Å². The Labute approximate surface area is 148 Å². The Hall–Kier alpha value is -2.43. The number of para-hydroxylation sites is 1. The molecule has 0 atom stereocenters. The van der Waals surface area contributed by atoms with Crippen LogP contribution in [-0.4, -0.2) is 41.3 Å². The van der Waals surface area contributed by atoms with Crippen molar-refractivity contribution in [1.29, 1.82) is 0 Å². The number of nitrogens with zero attached hydrogens (tertiary/aromatic N) is 2. The van der Waals surface area contributed by atoms with Crippen molar-refractivity contribution in [3.05, 3.63) is 41.1 Å². The van der Waals surface area contributed by atoms with Gasteiger partial charge in [0.05, 0.1) is 11.9 Å². The predicted octanol–water partition coefficient (Wildman–Crippen LogP) is 2.52. The maximum absolute atomic E-state index is 12.3. The molecule has 2 aromatic rings. The number of aryl methyl sites for hydroxylation is 2. The fraction of sp³-hybridized carbons (Fsp3) is 0.450. The number of aromatic nitrogens is 1. The molecule has 0 unspecified atom stereocenters. The number of amides is 2. The molecule has 3 rings (SSSR count). The summed E-state index contributed by atoms with van der Waals surface area (Å²) in [5, 5.41) is 3.96. The van der Waals surface area contributed by atoms with Gasteiger partial charge in [0, 0.05) is 37.1 Å². The summed E-state index contributed by atoms with van der Waals surface area (Å²) in [6.07, 6.45) is 2.85. The standard InChI is InChI=1S/C20H25N3O2/c1-14-16-7-3-4-8-18(16)22-15(2)17(14)13-19(24)21-10-9-20(25)23-11-5-6-12-23/h3-4,7-8H,5-6,9-13H2,1-2H3,(H,21,24). The van der Waals surface area contributed by atoms with Crippen LogP contribution in [0.3, 0.4) is 0 Å². The van der Waals surface area contributed by atoms with E-state index in [2.05, 4.69) is 10.3 Å². The van der Waals surface area contributed by atoms with Crippen molar-refractivity contribution in [3.8, 4) is 0 Å². The Kier molecular flexibility index (Phi) is 5.31. The minimum Gasteiger partial charge on any atom is -0.355 e. The van der Waals surface area contributed by atoms with Crippen molar-refractivity contribution in [2.45, 2.75) is 39.5 Å². The first kappa shape index (κ1) is 17.4. The summed E-state index contributed by atoms with van der Waals surface area (Å²) >= 11 is 0. The third-order valence-electron chi connectivity index (χ3n) is 4.94. The van der Waals surface area contributed by atoms with Crippen molar-refractivity contribution >= 4 is 22.7 Å². The summed E-state index contributed by atoms with van der Waals surface area (Å²) in [6.45, 7) is 6.09. The van der Waals surface area contributed by atoms with Crippen molar-refractivity contribution in [3.63, 3.8) is 0 Å². The molecule has 2 amide bonds. The molecule has 1 aromatic heterocycles. The van der Waals surface area contributed by atoms with Crippen LogP contribution in [0.15, 0.2) is 24.3 Å². The molecular formula is C20H25N3O2. The first-order valence-corrected chi connectivity index (χ1v) is 8.95. The van der Waals surface area contributed by atoms with Gasteiger partial charge in [0.15, 0.2) is 0 Å². The van der Waals surface area contributed by atoms with E-state index < -0.39 is 0 Å². The van der Waals surface area contributed by atoms with Crippen LogP contribution < -0.4 is 5.32 Å². The average molecular weight is 339 g/mol. The Balaban J connectivity index is 1.59. The molecule has 1 N–H and O–H groups in total. The minimum absolute atomic E-state index is 0.0579. The summed E-state index contributed by atoms with van der Waals surface area (Å²) in [5.41, 5.74) is 3.92. The van der Waals surface area contributed by atoms with Gasteiger partial charge in [-0.1, -0.05) is 18.2 Å². The largest absolute Gasteiger partial charge is 0.355 e. The molecule has 25 heavy (non-hydrogen) atoms. The van der Waals surface area contributed by atoms with Crippen LogP contribution in [0.25, 0.3) is 10.9 Å². The second-order valence-electron chi connectivity index (χ2n) is 6.68. The van der Waals surface area contributed by atoms with Gasteiger partial charge in [-0.15, -0.1) is 0 Å². The lowest BCUT2D eigenvalue weighted by molar-refractivity contribution is -0.130. The maximum atomic E-state index is 12.3. The first-order valence-electron chi connectivity index (χ1n) is 8.95. The Morgan fingerprint density at radius 2 is 1.88 bits per heavy atom. The molecule has 1 aliphatic heterocycles. The first-order chi connectivity index (χ1) is 12.1. The van der Waals surface area contributed by atoms with Gasteiger partial charge in [-0.25, -0.2) is 0 Å². The Morgan fingerprint density at radius 3 is 2.64 bits per heavy atom. The molecule has 0 aliphatic carbocycles. The van der Waals surface area contributed by atoms with E-state index in [1.54, 1.807) is 0 Å². The molecule has 1 aliphatic rings. The van der Waals surface area contributed by atoms with Gasteiger partial charge in [0.2, 0.25) is 11.8 Å². The number of hydrogen-bond donors (Lipinski definition) is 1. The molecule has 1 saturated heterocycles. The smallest absolute Gasteiger partial charge is 0.224 e. The number of nitrogens with one attached hydrogen (secondary N) is 1. The lowest BCUT2D eigenvalue weighted by Crippen LogP contribution is -2.33. The molecule has 0 spiro atoms. The Bertz CT molecular complexity index is 795. The van der Waals surface area contributed by atoms with E-state index in [0.717, 1.165) is 53.7 Å². The quantitative estimate of drug-likeness (QED) is 0.910. The molecule has 0 saturated carbocycles. The zero-order valence-electron chi connectivity index (χ0n) is 15.0. The SMILES string of the molecule is Cc1nc2ccccc2c(C)c1CC(=O)NCCC(=O)N1CCCC1. The highest BCUT2D eigenvalue weighted by molar-refractivity contribution is 5.86. The van der Waals surface area contributed by atoms with E-state index in [0.29, 0.717) is 19.4 Å². The number of benzene rings is 1. The number of likely N-dealkylation sites (tertiary alicyclic amines) is 1. The molecule has 5 heteroatoms. The molecule has 132 valence electrons. The highest BCUT2D eigenvalue weighted by atomic mass is 16.2. The van der Waals surface area contributed by atoms with Gasteiger partial charge in [0.25, 0.3) is 0 Å². The van der Waals surface area contributed by atoms with Crippen LogP contribution in [0.2, 0.25) is 0 Å². The second-order valence-corrected chi connectivity index (χ2v) is 6.68. The lowest BCUT2D eigenvalue weighted by Gasteiger charge is -2.15. The van der Waals surface area contributed by atoms with Crippen LogP contribution in [0.1, 0.15) is 36.1 Å². The number of rotatable bonds is 5. The zero-order chi connectivity index (χ0) is 17.8. The van der Waals surface area contributed by atoms with Crippen LogP contribution in [-0.2, 0) is 16.0 Å². The summed E-state index contributed by atoms with van der Waals surface area (Å²) < 4.78 is 0. The highest BCUT2D eigenvalue weighted by Gasteiger charge is 2.18. The number of hydrogen-bond acceptors (Lipinski definition) is 3. The van der Waals surface area contributed by atoms with E-state index in [9.17, 15) is 9.59 Å². The fourth-order valence-corrected chi connectivity index (χ4v) is 3.49. The molecule has 1 fully saturated rings. The molecular weight excluding hydrogens is 314 g/mol. The van der Waals surface area contributed by atoms with Crippen molar-refractivity contribution < 1.29 is 9.59 Å². The van der Waals surface area contributed by atoms with Crippen LogP contribution in [0, 0.1) is 13.8 Å². The number of pyridine rings is 1. The number of carbonyl (C=O) groups excluding carboxylic acids is 2. The summed E-state index contributed by atoms with van der Waals surface area (Å²) in [4.78, 5) is 30.8. The number of carbonyl (C=O) groups is 2. The normalized spacial score (nSPS) is 14.1. The topological polar surface area (TPSA) is 62.3 Å². The van der Waals surface area contributed by atoms with E-state index in [1.165, 1.54) is 0 Å². The molecule has 5 nitrogen and oxygen atoms in total. The highest BCUT2D eigenvalue weighted by Crippen LogP contribution is 2.22.